The van der Waals surface area contributed by atoms with E-state index in [1.807, 2.05) is 47.8 Å². The van der Waals surface area contributed by atoms with E-state index in [9.17, 15) is 14.4 Å². The Labute approximate surface area is 201 Å². The van der Waals surface area contributed by atoms with E-state index in [2.05, 4.69) is 10.6 Å². The van der Waals surface area contributed by atoms with E-state index in [4.69, 9.17) is 9.47 Å². The third kappa shape index (κ3) is 7.17. The van der Waals surface area contributed by atoms with Crippen molar-refractivity contribution in [1.29, 1.82) is 0 Å². The summed E-state index contributed by atoms with van der Waals surface area (Å²) in [6, 6.07) is 14.7. The second-order valence-electron chi connectivity index (χ2n) is 7.79. The summed E-state index contributed by atoms with van der Waals surface area (Å²) in [5.74, 6) is 1.52. The maximum atomic E-state index is 12.3. The zero-order chi connectivity index (χ0) is 23.0. The number of hydrogen-bond donors (Lipinski definition) is 2. The fraction of sp³-hybridized carbons (Fsp3) is 0.375. The second kappa shape index (κ2) is 11.5. The first-order valence-corrected chi connectivity index (χ1v) is 13.0. The van der Waals surface area contributed by atoms with Crippen molar-refractivity contribution in [2.24, 2.45) is 0 Å². The molecule has 0 spiro atoms. The van der Waals surface area contributed by atoms with Gasteiger partial charge in [-0.1, -0.05) is 24.3 Å². The van der Waals surface area contributed by atoms with Crippen LogP contribution in [0.5, 0.6) is 5.75 Å². The molecular formula is C24H26N2O5S2. The first kappa shape index (κ1) is 23.5. The van der Waals surface area contributed by atoms with Crippen LogP contribution in [0, 0.1) is 0 Å². The number of carbonyl (C=O) groups excluding carboxylic acids is 3. The van der Waals surface area contributed by atoms with Crippen molar-refractivity contribution in [1.82, 2.24) is 5.32 Å². The van der Waals surface area contributed by atoms with Crippen molar-refractivity contribution in [3.63, 3.8) is 0 Å². The van der Waals surface area contributed by atoms with Gasteiger partial charge >= 0.3 is 5.97 Å². The summed E-state index contributed by atoms with van der Waals surface area (Å²) >= 11 is 3.89. The topological polar surface area (TPSA) is 93.7 Å². The maximum absolute atomic E-state index is 12.3. The average Bonchev–Trinajstić information content (AvgIpc) is 3.66. The number of carbonyl (C=O) groups is 3. The molecule has 1 saturated heterocycles. The van der Waals surface area contributed by atoms with Crippen molar-refractivity contribution < 1.29 is 23.9 Å². The molecule has 4 rings (SSSR count). The number of thioether (sulfide) groups is 2. The maximum Gasteiger partial charge on any atom is 0.344 e. The summed E-state index contributed by atoms with van der Waals surface area (Å²) in [5, 5.41) is 5.52. The molecule has 0 atom stereocenters. The Morgan fingerprint density at radius 1 is 0.939 bits per heavy atom. The summed E-state index contributed by atoms with van der Waals surface area (Å²) in [5.41, 5.74) is 1.99. The second-order valence-corrected chi connectivity index (χ2v) is 10.5. The van der Waals surface area contributed by atoms with Gasteiger partial charge in [0, 0.05) is 6.04 Å². The third-order valence-corrected chi connectivity index (χ3v) is 8.07. The van der Waals surface area contributed by atoms with Gasteiger partial charge in [0.1, 0.15) is 5.75 Å². The van der Waals surface area contributed by atoms with Gasteiger partial charge in [-0.05, 0) is 60.6 Å². The number of ether oxygens (including phenoxy) is 2. The molecule has 0 unspecified atom stereocenters. The van der Waals surface area contributed by atoms with Crippen LogP contribution in [0.25, 0.3) is 0 Å². The number of amides is 2. The Hall–Kier alpha value is -2.65. The van der Waals surface area contributed by atoms with E-state index in [1.165, 1.54) is 23.5 Å². The molecule has 0 radical (unpaired) electrons. The van der Waals surface area contributed by atoms with Crippen molar-refractivity contribution in [3.05, 3.63) is 59.7 Å². The summed E-state index contributed by atoms with van der Waals surface area (Å²) in [6.07, 6.45) is 3.19. The van der Waals surface area contributed by atoms with Crippen molar-refractivity contribution in [2.75, 3.05) is 30.0 Å². The van der Waals surface area contributed by atoms with Crippen LogP contribution in [0.1, 0.15) is 39.8 Å². The highest BCUT2D eigenvalue weighted by atomic mass is 32.2. The Morgan fingerprint density at radius 3 is 2.39 bits per heavy atom. The van der Waals surface area contributed by atoms with Crippen LogP contribution in [0.3, 0.4) is 0 Å². The quantitative estimate of drug-likeness (QED) is 0.517. The predicted octanol–water partition coefficient (Wildman–Crippen LogP) is 4.01. The zero-order valence-electron chi connectivity index (χ0n) is 18.1. The minimum Gasteiger partial charge on any atom is -0.482 e. The molecule has 2 aromatic carbocycles. The van der Waals surface area contributed by atoms with E-state index in [1.54, 1.807) is 24.3 Å². The normalized spacial score (nSPS) is 16.0. The van der Waals surface area contributed by atoms with Gasteiger partial charge in [0.25, 0.3) is 11.8 Å². The molecule has 2 N–H and O–H groups in total. The molecule has 0 aromatic heterocycles. The Morgan fingerprint density at radius 2 is 1.67 bits per heavy atom. The number of hydrogen-bond acceptors (Lipinski definition) is 7. The summed E-state index contributed by atoms with van der Waals surface area (Å²) in [4.78, 5) is 36.5. The predicted molar refractivity (Wildman–Crippen MR) is 131 cm³/mol. The van der Waals surface area contributed by atoms with Crippen LogP contribution in [0.15, 0.2) is 48.5 Å². The number of esters is 1. The van der Waals surface area contributed by atoms with Crippen LogP contribution in [-0.2, 0) is 14.3 Å². The standard InChI is InChI=1S/C24H26N2O5S2/c27-21(26-20-5-2-1-4-19(20)23(29)25-17-8-9-17)14-31-22(28)15-30-18-10-6-16(7-11-18)24-32-12-3-13-33-24/h1-2,4-7,10-11,17,24H,3,8-9,12-15H2,(H,25,29)(H,26,27). The fourth-order valence-corrected chi connectivity index (χ4v) is 6.09. The highest BCUT2D eigenvalue weighted by Gasteiger charge is 2.25. The molecule has 174 valence electrons. The average molecular weight is 487 g/mol. The molecule has 7 nitrogen and oxygen atoms in total. The zero-order valence-corrected chi connectivity index (χ0v) is 19.7. The van der Waals surface area contributed by atoms with Crippen molar-refractivity contribution in [2.45, 2.75) is 29.9 Å². The summed E-state index contributed by atoms with van der Waals surface area (Å²) in [7, 11) is 0. The molecule has 2 amide bonds. The van der Waals surface area contributed by atoms with Gasteiger partial charge in [-0.15, -0.1) is 23.5 Å². The Bertz CT molecular complexity index is 989. The minimum atomic E-state index is -0.646. The van der Waals surface area contributed by atoms with Gasteiger partial charge in [0.05, 0.1) is 15.8 Å². The minimum absolute atomic E-state index is 0.212. The number of benzene rings is 2. The lowest BCUT2D eigenvalue weighted by Crippen LogP contribution is -2.28. The number of rotatable bonds is 9. The fourth-order valence-electron chi connectivity index (χ4n) is 3.20. The summed E-state index contributed by atoms with van der Waals surface area (Å²) < 4.78 is 10.9. The first-order chi connectivity index (χ1) is 16.1. The lowest BCUT2D eigenvalue weighted by Gasteiger charge is -2.21. The summed E-state index contributed by atoms with van der Waals surface area (Å²) in [6.45, 7) is -0.754. The lowest BCUT2D eigenvalue weighted by atomic mass is 10.1. The van der Waals surface area contributed by atoms with E-state index < -0.39 is 18.5 Å². The third-order valence-electron chi connectivity index (χ3n) is 5.06. The van der Waals surface area contributed by atoms with E-state index in [-0.39, 0.29) is 18.6 Å². The van der Waals surface area contributed by atoms with Crippen molar-refractivity contribution in [3.8, 4) is 5.75 Å². The number of nitrogens with one attached hydrogen (secondary N) is 2. The highest BCUT2D eigenvalue weighted by molar-refractivity contribution is 8.16. The van der Waals surface area contributed by atoms with Crippen LogP contribution < -0.4 is 15.4 Å². The largest absolute Gasteiger partial charge is 0.482 e. The molecular weight excluding hydrogens is 460 g/mol. The van der Waals surface area contributed by atoms with E-state index in [0.29, 0.717) is 21.6 Å². The van der Waals surface area contributed by atoms with Gasteiger partial charge in [0.15, 0.2) is 13.2 Å². The lowest BCUT2D eigenvalue weighted by molar-refractivity contribution is -0.149. The van der Waals surface area contributed by atoms with Crippen LogP contribution in [0.4, 0.5) is 5.69 Å². The van der Waals surface area contributed by atoms with Crippen LogP contribution in [-0.4, -0.2) is 48.5 Å². The molecule has 2 aromatic rings. The Kier molecular flexibility index (Phi) is 8.17. The van der Waals surface area contributed by atoms with Gasteiger partial charge < -0.3 is 20.1 Å². The van der Waals surface area contributed by atoms with Crippen LogP contribution in [0.2, 0.25) is 0 Å². The molecule has 1 saturated carbocycles. The molecule has 0 bridgehead atoms. The van der Waals surface area contributed by atoms with E-state index >= 15 is 0 Å². The Balaban J connectivity index is 1.20. The van der Waals surface area contributed by atoms with Gasteiger partial charge in [-0.2, -0.15) is 0 Å². The molecule has 1 aliphatic carbocycles. The smallest absolute Gasteiger partial charge is 0.344 e. The molecule has 2 aliphatic rings. The number of anilines is 1. The van der Waals surface area contributed by atoms with E-state index in [0.717, 1.165) is 12.8 Å². The molecule has 33 heavy (non-hydrogen) atoms. The molecule has 9 heteroatoms. The number of para-hydroxylation sites is 1. The SMILES string of the molecule is O=C(COC(=O)COc1ccc(C2SCCCS2)cc1)Nc1ccccc1C(=O)NC1CC1. The molecule has 1 aliphatic heterocycles. The monoisotopic (exact) mass is 486 g/mol. The highest BCUT2D eigenvalue weighted by Crippen LogP contribution is 2.43. The van der Waals surface area contributed by atoms with Crippen molar-refractivity contribution >= 4 is 47.0 Å². The van der Waals surface area contributed by atoms with Crippen LogP contribution >= 0.6 is 23.5 Å². The molecule has 1 heterocycles. The van der Waals surface area contributed by atoms with Gasteiger partial charge in [-0.25, -0.2) is 4.79 Å². The van der Waals surface area contributed by atoms with Gasteiger partial charge in [-0.3, -0.25) is 9.59 Å². The first-order valence-electron chi connectivity index (χ1n) is 10.9. The van der Waals surface area contributed by atoms with Gasteiger partial charge in [0.2, 0.25) is 0 Å². The molecule has 2 fully saturated rings.